The molecule has 2 rings (SSSR count). The van der Waals surface area contributed by atoms with Crippen LogP contribution in [-0.2, 0) is 9.53 Å². The molecule has 0 saturated carbocycles. The summed E-state index contributed by atoms with van der Waals surface area (Å²) in [5, 5.41) is 2.86. The molecule has 1 aromatic carbocycles. The molecule has 1 aliphatic rings. The highest BCUT2D eigenvalue weighted by molar-refractivity contribution is 5.98. The molecule has 3 N–H and O–H groups in total. The fourth-order valence-corrected chi connectivity index (χ4v) is 2.15. The van der Waals surface area contributed by atoms with E-state index >= 15 is 0 Å². The van der Waals surface area contributed by atoms with Gasteiger partial charge in [-0.25, -0.2) is 0 Å². The molecule has 4 heteroatoms. The summed E-state index contributed by atoms with van der Waals surface area (Å²) in [5.41, 5.74) is 7.20. The summed E-state index contributed by atoms with van der Waals surface area (Å²) in [6.07, 6.45) is 1.68. The van der Waals surface area contributed by atoms with E-state index in [2.05, 4.69) is 31.3 Å². The first kappa shape index (κ1) is 14.0. The Morgan fingerprint density at radius 1 is 1.47 bits per heavy atom. The number of hydrogen-bond donors (Lipinski definition) is 2. The van der Waals surface area contributed by atoms with Crippen molar-refractivity contribution >= 4 is 11.6 Å². The van der Waals surface area contributed by atoms with Crippen molar-refractivity contribution in [2.24, 2.45) is 5.73 Å². The quantitative estimate of drug-likeness (QED) is 0.874. The molecule has 1 aliphatic heterocycles. The van der Waals surface area contributed by atoms with Gasteiger partial charge in [0.15, 0.2) is 0 Å². The van der Waals surface area contributed by atoms with Crippen LogP contribution in [0, 0.1) is 0 Å². The third kappa shape index (κ3) is 3.14. The minimum atomic E-state index is -0.880. The van der Waals surface area contributed by atoms with Crippen LogP contribution in [-0.4, -0.2) is 24.7 Å². The first-order valence-corrected chi connectivity index (χ1v) is 6.83. The second kappa shape index (κ2) is 5.72. The van der Waals surface area contributed by atoms with Crippen LogP contribution in [0.2, 0.25) is 0 Å². The maximum atomic E-state index is 12.1. The topological polar surface area (TPSA) is 64.4 Å². The Morgan fingerprint density at radius 2 is 2.16 bits per heavy atom. The van der Waals surface area contributed by atoms with Gasteiger partial charge in [-0.2, -0.15) is 0 Å². The number of hydrogen-bond acceptors (Lipinski definition) is 3. The Bertz CT molecular complexity index is 436. The predicted octanol–water partition coefficient (Wildman–Crippen LogP) is 2.26. The Balaban J connectivity index is 2.01. The summed E-state index contributed by atoms with van der Waals surface area (Å²) in [4.78, 5) is 12.1. The Labute approximate surface area is 114 Å². The van der Waals surface area contributed by atoms with Gasteiger partial charge in [0, 0.05) is 12.3 Å². The molecule has 0 radical (unpaired) electrons. The summed E-state index contributed by atoms with van der Waals surface area (Å²) in [7, 11) is 0. The van der Waals surface area contributed by atoms with Crippen LogP contribution in [0.15, 0.2) is 24.3 Å². The summed E-state index contributed by atoms with van der Waals surface area (Å²) in [6.45, 7) is 5.21. The second-order valence-corrected chi connectivity index (χ2v) is 5.34. The normalized spacial score (nSPS) is 24.2. The molecular formula is C15H22N2O2. The molecular weight excluding hydrogens is 240 g/mol. The van der Waals surface area contributed by atoms with Gasteiger partial charge in [0.1, 0.15) is 5.54 Å². The van der Waals surface area contributed by atoms with E-state index in [1.54, 1.807) is 0 Å². The molecule has 2 unspecified atom stereocenters. The van der Waals surface area contributed by atoms with Gasteiger partial charge in [-0.05, 0) is 36.5 Å². The lowest BCUT2D eigenvalue weighted by molar-refractivity contribution is -0.121. The highest BCUT2D eigenvalue weighted by Crippen LogP contribution is 2.22. The number of carbonyl (C=O) groups excluding carboxylic acids is 1. The number of ether oxygens (including phenoxy) is 1. The fourth-order valence-electron chi connectivity index (χ4n) is 2.15. The number of anilines is 1. The molecule has 1 aromatic rings. The smallest absolute Gasteiger partial charge is 0.246 e. The van der Waals surface area contributed by atoms with Crippen molar-refractivity contribution in [1.82, 2.24) is 0 Å². The van der Waals surface area contributed by atoms with Crippen molar-refractivity contribution in [2.75, 3.05) is 18.5 Å². The lowest BCUT2D eigenvalue weighted by atomic mass is 9.97. The van der Waals surface area contributed by atoms with Crippen LogP contribution in [0.4, 0.5) is 5.69 Å². The molecule has 1 saturated heterocycles. The third-order valence-electron chi connectivity index (χ3n) is 3.85. The largest absolute Gasteiger partial charge is 0.379 e. The summed E-state index contributed by atoms with van der Waals surface area (Å²) in [5.74, 6) is 0.370. The van der Waals surface area contributed by atoms with Crippen LogP contribution in [0.25, 0.3) is 0 Å². The van der Waals surface area contributed by atoms with E-state index in [9.17, 15) is 4.79 Å². The Morgan fingerprint density at radius 3 is 2.68 bits per heavy atom. The molecule has 1 heterocycles. The Hall–Kier alpha value is -1.39. The highest BCUT2D eigenvalue weighted by Gasteiger charge is 2.38. The summed E-state index contributed by atoms with van der Waals surface area (Å²) < 4.78 is 5.20. The molecule has 104 valence electrons. The summed E-state index contributed by atoms with van der Waals surface area (Å²) in [6, 6.07) is 7.97. The van der Waals surface area contributed by atoms with Gasteiger partial charge in [-0.15, -0.1) is 0 Å². The molecule has 2 atom stereocenters. The van der Waals surface area contributed by atoms with Crippen molar-refractivity contribution in [3.05, 3.63) is 29.8 Å². The van der Waals surface area contributed by atoms with E-state index in [0.717, 1.165) is 12.1 Å². The van der Waals surface area contributed by atoms with Gasteiger partial charge in [-0.3, -0.25) is 4.79 Å². The lowest BCUT2D eigenvalue weighted by Gasteiger charge is -2.20. The number of rotatable bonds is 4. The number of nitrogens with one attached hydrogen (secondary N) is 1. The van der Waals surface area contributed by atoms with Gasteiger partial charge < -0.3 is 15.8 Å². The number of amides is 1. The fraction of sp³-hybridized carbons (Fsp3) is 0.533. The predicted molar refractivity (Wildman–Crippen MR) is 76.1 cm³/mol. The molecule has 0 aliphatic carbocycles. The molecule has 1 amide bonds. The standard InChI is InChI=1S/C15H22N2O2/c1-3-11(2)12-4-6-13(7-5-12)17-14(18)15(16)8-9-19-10-15/h4-7,11H,3,8-10,16H2,1-2H3,(H,17,18). The average molecular weight is 262 g/mol. The molecule has 4 nitrogen and oxygen atoms in total. The van der Waals surface area contributed by atoms with Crippen molar-refractivity contribution in [1.29, 1.82) is 0 Å². The first-order chi connectivity index (χ1) is 9.05. The zero-order chi connectivity index (χ0) is 13.9. The van der Waals surface area contributed by atoms with Crippen LogP contribution in [0.5, 0.6) is 0 Å². The molecule has 0 bridgehead atoms. The third-order valence-corrected chi connectivity index (χ3v) is 3.85. The van der Waals surface area contributed by atoms with Gasteiger partial charge >= 0.3 is 0 Å². The van der Waals surface area contributed by atoms with Crippen molar-refractivity contribution < 1.29 is 9.53 Å². The maximum absolute atomic E-state index is 12.1. The van der Waals surface area contributed by atoms with Gasteiger partial charge in [-0.1, -0.05) is 26.0 Å². The molecule has 19 heavy (non-hydrogen) atoms. The van der Waals surface area contributed by atoms with Gasteiger partial charge in [0.2, 0.25) is 5.91 Å². The molecule has 1 fully saturated rings. The Kier molecular flexibility index (Phi) is 4.22. The monoisotopic (exact) mass is 262 g/mol. The van der Waals surface area contributed by atoms with Crippen molar-refractivity contribution in [3.63, 3.8) is 0 Å². The van der Waals surface area contributed by atoms with E-state index in [1.165, 1.54) is 5.56 Å². The lowest BCUT2D eigenvalue weighted by Crippen LogP contribution is -2.51. The number of benzene rings is 1. The summed E-state index contributed by atoms with van der Waals surface area (Å²) >= 11 is 0. The zero-order valence-electron chi connectivity index (χ0n) is 11.6. The number of carbonyl (C=O) groups is 1. The average Bonchev–Trinajstić information content (AvgIpc) is 2.87. The van der Waals surface area contributed by atoms with E-state index in [1.807, 2.05) is 12.1 Å². The van der Waals surface area contributed by atoms with E-state index in [0.29, 0.717) is 25.6 Å². The van der Waals surface area contributed by atoms with Crippen LogP contribution in [0.1, 0.15) is 38.2 Å². The highest BCUT2D eigenvalue weighted by atomic mass is 16.5. The van der Waals surface area contributed by atoms with E-state index in [4.69, 9.17) is 10.5 Å². The van der Waals surface area contributed by atoms with E-state index in [-0.39, 0.29) is 5.91 Å². The first-order valence-electron chi connectivity index (χ1n) is 6.83. The minimum Gasteiger partial charge on any atom is -0.379 e. The van der Waals surface area contributed by atoms with Crippen LogP contribution < -0.4 is 11.1 Å². The van der Waals surface area contributed by atoms with Crippen LogP contribution >= 0.6 is 0 Å². The van der Waals surface area contributed by atoms with Gasteiger partial charge in [0.05, 0.1) is 6.61 Å². The van der Waals surface area contributed by atoms with Crippen molar-refractivity contribution in [3.8, 4) is 0 Å². The van der Waals surface area contributed by atoms with Gasteiger partial charge in [0.25, 0.3) is 0 Å². The van der Waals surface area contributed by atoms with E-state index < -0.39 is 5.54 Å². The number of nitrogens with two attached hydrogens (primary N) is 1. The maximum Gasteiger partial charge on any atom is 0.246 e. The van der Waals surface area contributed by atoms with Crippen LogP contribution in [0.3, 0.4) is 0 Å². The van der Waals surface area contributed by atoms with Crippen molar-refractivity contribution in [2.45, 2.75) is 38.1 Å². The SMILES string of the molecule is CCC(C)c1ccc(NC(=O)C2(N)CCOC2)cc1. The zero-order valence-corrected chi connectivity index (χ0v) is 11.6. The molecule has 0 aromatic heterocycles. The molecule has 0 spiro atoms. The second-order valence-electron chi connectivity index (χ2n) is 5.34. The minimum absolute atomic E-state index is 0.165.